The van der Waals surface area contributed by atoms with E-state index in [0.717, 1.165) is 0 Å². The number of pyridine rings is 1. The van der Waals surface area contributed by atoms with Gasteiger partial charge in [-0.15, -0.1) is 0 Å². The predicted octanol–water partition coefficient (Wildman–Crippen LogP) is 1.33. The lowest BCUT2D eigenvalue weighted by atomic mass is 10.2. The van der Waals surface area contributed by atoms with Crippen LogP contribution in [0.5, 0.6) is 5.75 Å². The van der Waals surface area contributed by atoms with Crippen LogP contribution in [0.1, 0.15) is 24.9 Å². The fourth-order valence-corrected chi connectivity index (χ4v) is 1.72. The SMILES string of the molecule is [2H]C([2H])([2H])N1C(=O)[C@@H](NC(=O)OC(C)(C)C)COc2cccnc21. The maximum atomic E-state index is 12.6. The normalized spacial score (nSPS) is 21.1. The van der Waals surface area contributed by atoms with Crippen LogP contribution in [0.15, 0.2) is 18.3 Å². The Bertz CT molecular complexity index is 643. The third-order valence-electron chi connectivity index (χ3n) is 2.58. The second kappa shape index (κ2) is 5.59. The summed E-state index contributed by atoms with van der Waals surface area (Å²) in [7, 11) is 0. The van der Waals surface area contributed by atoms with Gasteiger partial charge in [0, 0.05) is 17.3 Å². The van der Waals surface area contributed by atoms with Crippen molar-refractivity contribution < 1.29 is 23.2 Å². The van der Waals surface area contributed by atoms with Crippen LogP contribution in [0.4, 0.5) is 10.6 Å². The van der Waals surface area contributed by atoms with Crippen molar-refractivity contribution in [2.75, 3.05) is 18.5 Å². The predicted molar refractivity (Wildman–Crippen MR) is 76.3 cm³/mol. The number of carbonyl (C=O) groups excluding carboxylic acids is 2. The molecule has 1 aliphatic heterocycles. The van der Waals surface area contributed by atoms with E-state index in [1.165, 1.54) is 12.3 Å². The molecule has 1 N–H and O–H groups in total. The summed E-state index contributed by atoms with van der Waals surface area (Å²) < 4.78 is 33.3. The van der Waals surface area contributed by atoms with E-state index in [1.54, 1.807) is 26.8 Å². The molecule has 1 atom stereocenters. The van der Waals surface area contributed by atoms with E-state index in [2.05, 4.69) is 10.3 Å². The number of hydrogen-bond donors (Lipinski definition) is 1. The van der Waals surface area contributed by atoms with Crippen molar-refractivity contribution in [3.63, 3.8) is 0 Å². The van der Waals surface area contributed by atoms with Gasteiger partial charge in [0.05, 0.1) is 0 Å². The molecule has 0 aromatic carbocycles. The van der Waals surface area contributed by atoms with Gasteiger partial charge in [0.15, 0.2) is 11.6 Å². The maximum Gasteiger partial charge on any atom is 0.408 e. The quantitative estimate of drug-likeness (QED) is 0.845. The van der Waals surface area contributed by atoms with Crippen LogP contribution in [0.25, 0.3) is 0 Å². The zero-order chi connectivity index (χ0) is 18.1. The largest absolute Gasteiger partial charge is 0.487 e. The molecular weight excluding hydrogens is 274 g/mol. The molecule has 1 aromatic rings. The topological polar surface area (TPSA) is 80.8 Å². The number of ether oxygens (including phenoxy) is 2. The molecule has 21 heavy (non-hydrogen) atoms. The van der Waals surface area contributed by atoms with Gasteiger partial charge in [-0.3, -0.25) is 9.69 Å². The van der Waals surface area contributed by atoms with Gasteiger partial charge in [-0.05, 0) is 32.9 Å². The molecule has 7 nitrogen and oxygen atoms in total. The second-order valence-corrected chi connectivity index (χ2v) is 5.51. The lowest BCUT2D eigenvalue weighted by Crippen LogP contribution is -2.50. The van der Waals surface area contributed by atoms with Gasteiger partial charge >= 0.3 is 6.09 Å². The highest BCUT2D eigenvalue weighted by molar-refractivity contribution is 5.99. The molecule has 0 radical (unpaired) electrons. The fraction of sp³-hybridized carbons (Fsp3) is 0.500. The summed E-state index contributed by atoms with van der Waals surface area (Å²) in [5.74, 6) is -0.815. The Morgan fingerprint density at radius 3 is 3.05 bits per heavy atom. The number of alkyl carbamates (subject to hydrolysis) is 1. The molecule has 0 unspecified atom stereocenters. The van der Waals surface area contributed by atoms with Crippen molar-refractivity contribution in [2.24, 2.45) is 0 Å². The number of anilines is 1. The first-order chi connectivity index (χ1) is 11.0. The van der Waals surface area contributed by atoms with E-state index >= 15 is 0 Å². The van der Waals surface area contributed by atoms with Gasteiger partial charge in [0.2, 0.25) is 0 Å². The van der Waals surface area contributed by atoms with Crippen LogP contribution in [0, 0.1) is 0 Å². The molecule has 7 heteroatoms. The summed E-state index contributed by atoms with van der Waals surface area (Å²) in [4.78, 5) is 29.0. The van der Waals surface area contributed by atoms with Crippen molar-refractivity contribution in [1.82, 2.24) is 10.3 Å². The fourth-order valence-electron chi connectivity index (χ4n) is 1.72. The number of aromatic nitrogens is 1. The van der Waals surface area contributed by atoms with Gasteiger partial charge in [-0.25, -0.2) is 9.78 Å². The first-order valence-corrected chi connectivity index (χ1v) is 6.40. The summed E-state index contributed by atoms with van der Waals surface area (Å²) in [6, 6.07) is 1.85. The molecule has 0 saturated heterocycles. The highest BCUT2D eigenvalue weighted by Gasteiger charge is 2.32. The maximum absolute atomic E-state index is 12.6. The highest BCUT2D eigenvalue weighted by atomic mass is 16.6. The van der Waals surface area contributed by atoms with E-state index in [1.807, 2.05) is 0 Å². The second-order valence-electron chi connectivity index (χ2n) is 5.51. The number of carbonyl (C=O) groups is 2. The standard InChI is InChI=1S/C14H19N3O4/c1-14(2,3)21-13(19)16-9-8-20-10-6-5-7-15-11(10)17(4)12(9)18/h5-7,9H,8H2,1-4H3,(H,16,19)/t9-/m0/s1/i4D3. The average Bonchev–Trinajstić information content (AvgIpc) is 2.54. The van der Waals surface area contributed by atoms with Gasteiger partial charge in [-0.2, -0.15) is 0 Å². The minimum absolute atomic E-state index is 0.115. The minimum Gasteiger partial charge on any atom is -0.487 e. The zero-order valence-electron chi connectivity index (χ0n) is 15.0. The molecule has 0 aliphatic carbocycles. The molecule has 0 fully saturated rings. The third kappa shape index (κ3) is 3.62. The molecule has 2 amide bonds. The van der Waals surface area contributed by atoms with Crippen molar-refractivity contribution in [3.8, 4) is 5.75 Å². The highest BCUT2D eigenvalue weighted by Crippen LogP contribution is 2.27. The van der Waals surface area contributed by atoms with Crippen molar-refractivity contribution in [2.45, 2.75) is 32.4 Å². The Morgan fingerprint density at radius 2 is 2.38 bits per heavy atom. The molecule has 114 valence electrons. The third-order valence-corrected chi connectivity index (χ3v) is 2.58. The number of hydrogen-bond acceptors (Lipinski definition) is 5. The van der Waals surface area contributed by atoms with E-state index in [-0.39, 0.29) is 18.2 Å². The number of likely N-dealkylation sites (N-methyl/N-ethyl adjacent to an activating group) is 1. The smallest absolute Gasteiger partial charge is 0.408 e. The molecule has 1 aliphatic rings. The zero-order valence-corrected chi connectivity index (χ0v) is 12.0. The van der Waals surface area contributed by atoms with Crippen LogP contribution in [0.3, 0.4) is 0 Å². The number of nitrogens with one attached hydrogen (secondary N) is 1. The van der Waals surface area contributed by atoms with E-state index in [9.17, 15) is 9.59 Å². The lowest BCUT2D eigenvalue weighted by molar-refractivity contribution is -0.120. The average molecular weight is 296 g/mol. The van der Waals surface area contributed by atoms with Gasteiger partial charge in [0.25, 0.3) is 5.91 Å². The summed E-state index contributed by atoms with van der Waals surface area (Å²) >= 11 is 0. The number of nitrogens with zero attached hydrogens (tertiary/aromatic N) is 2. The Hall–Kier alpha value is -2.31. The Labute approximate surface area is 127 Å². The summed E-state index contributed by atoms with van der Waals surface area (Å²) in [6.45, 7) is 2.01. The molecule has 0 bridgehead atoms. The molecule has 2 rings (SSSR count). The van der Waals surface area contributed by atoms with Crippen LogP contribution < -0.4 is 15.0 Å². The van der Waals surface area contributed by atoms with E-state index in [0.29, 0.717) is 4.90 Å². The van der Waals surface area contributed by atoms with Gasteiger partial charge in [0.1, 0.15) is 18.2 Å². The van der Waals surface area contributed by atoms with Crippen LogP contribution in [-0.4, -0.2) is 42.2 Å². The van der Waals surface area contributed by atoms with Gasteiger partial charge < -0.3 is 14.8 Å². The van der Waals surface area contributed by atoms with Crippen molar-refractivity contribution in [1.29, 1.82) is 0 Å². The van der Waals surface area contributed by atoms with E-state index < -0.39 is 30.6 Å². The molecule has 2 heterocycles. The van der Waals surface area contributed by atoms with Crippen molar-refractivity contribution in [3.05, 3.63) is 18.3 Å². The minimum atomic E-state index is -2.78. The molecule has 0 saturated carbocycles. The van der Waals surface area contributed by atoms with Crippen LogP contribution >= 0.6 is 0 Å². The summed E-state index contributed by atoms with van der Waals surface area (Å²) in [5.41, 5.74) is -0.757. The lowest BCUT2D eigenvalue weighted by Gasteiger charge is -2.23. The Balaban J connectivity index is 2.29. The Kier molecular flexibility index (Phi) is 3.02. The van der Waals surface area contributed by atoms with Crippen LogP contribution in [-0.2, 0) is 9.53 Å². The Morgan fingerprint density at radius 1 is 1.62 bits per heavy atom. The number of rotatable bonds is 1. The first-order valence-electron chi connectivity index (χ1n) is 7.90. The monoisotopic (exact) mass is 296 g/mol. The number of amides is 2. The van der Waals surface area contributed by atoms with E-state index in [4.69, 9.17) is 13.6 Å². The summed E-state index contributed by atoms with van der Waals surface area (Å²) in [5, 5.41) is 2.35. The number of fused-ring (bicyclic) bond motifs is 1. The van der Waals surface area contributed by atoms with Crippen molar-refractivity contribution >= 4 is 17.8 Å². The molecule has 0 spiro atoms. The molecular formula is C14H19N3O4. The summed E-state index contributed by atoms with van der Waals surface area (Å²) in [6.07, 6.45) is 0.518. The van der Waals surface area contributed by atoms with Crippen LogP contribution in [0.2, 0.25) is 0 Å². The first kappa shape index (κ1) is 11.4. The molecule has 1 aromatic heterocycles. The van der Waals surface area contributed by atoms with Gasteiger partial charge in [-0.1, -0.05) is 0 Å².